The summed E-state index contributed by atoms with van der Waals surface area (Å²) < 4.78 is 4.78. The fourth-order valence-electron chi connectivity index (χ4n) is 1.31. The molecule has 0 bridgehead atoms. The summed E-state index contributed by atoms with van der Waals surface area (Å²) in [5.41, 5.74) is 0.270. The maximum Gasteiger partial charge on any atom is 0.292 e. The number of nitro benzene ring substituents is 1. The van der Waals surface area contributed by atoms with Crippen molar-refractivity contribution in [1.82, 2.24) is 5.32 Å². The van der Waals surface area contributed by atoms with E-state index in [1.165, 1.54) is 13.2 Å². The molecule has 7 nitrogen and oxygen atoms in total. The summed E-state index contributed by atoms with van der Waals surface area (Å²) in [6, 6.07) is 6.17. The van der Waals surface area contributed by atoms with Gasteiger partial charge < -0.3 is 15.4 Å². The molecule has 18 heavy (non-hydrogen) atoms. The molecule has 0 aliphatic heterocycles. The highest BCUT2D eigenvalue weighted by atomic mass is 16.6. The number of benzene rings is 1. The lowest BCUT2D eigenvalue weighted by Crippen LogP contribution is -2.32. The van der Waals surface area contributed by atoms with Gasteiger partial charge in [0.15, 0.2) is 0 Å². The number of carbonyl (C=O) groups excluding carboxylic acids is 1. The molecule has 0 spiro atoms. The molecule has 2 N–H and O–H groups in total. The molecular formula is C11H15N3O4. The number of hydrogen-bond acceptors (Lipinski definition) is 5. The first kappa shape index (κ1) is 13.9. The lowest BCUT2D eigenvalue weighted by molar-refractivity contribution is -0.383. The first-order valence-electron chi connectivity index (χ1n) is 5.38. The van der Waals surface area contributed by atoms with Gasteiger partial charge in [0.2, 0.25) is 5.91 Å². The third-order valence-corrected chi connectivity index (χ3v) is 2.17. The van der Waals surface area contributed by atoms with Crippen molar-refractivity contribution in [2.45, 2.75) is 0 Å². The van der Waals surface area contributed by atoms with E-state index in [0.29, 0.717) is 18.8 Å². The molecule has 0 fully saturated rings. The van der Waals surface area contributed by atoms with E-state index >= 15 is 0 Å². The van der Waals surface area contributed by atoms with Crippen LogP contribution in [0.3, 0.4) is 0 Å². The van der Waals surface area contributed by atoms with Crippen LogP contribution in [0.4, 0.5) is 11.4 Å². The zero-order chi connectivity index (χ0) is 13.4. The second-order valence-electron chi connectivity index (χ2n) is 3.47. The molecule has 1 rings (SSSR count). The Balaban J connectivity index is 2.48. The molecule has 0 saturated heterocycles. The van der Waals surface area contributed by atoms with Gasteiger partial charge in [-0.3, -0.25) is 14.9 Å². The number of rotatable bonds is 7. The SMILES string of the molecule is COCCNC(=O)CNc1ccccc1[N+](=O)[O-]. The maximum absolute atomic E-state index is 11.4. The molecule has 0 unspecified atom stereocenters. The van der Waals surface area contributed by atoms with Gasteiger partial charge in [-0.25, -0.2) is 0 Å². The fraction of sp³-hybridized carbons (Fsp3) is 0.364. The topological polar surface area (TPSA) is 93.5 Å². The average molecular weight is 253 g/mol. The van der Waals surface area contributed by atoms with Crippen molar-refractivity contribution in [3.63, 3.8) is 0 Å². The minimum Gasteiger partial charge on any atom is -0.383 e. The zero-order valence-electron chi connectivity index (χ0n) is 10.0. The number of nitrogens with zero attached hydrogens (tertiary/aromatic N) is 1. The molecule has 1 amide bonds. The largest absolute Gasteiger partial charge is 0.383 e. The van der Waals surface area contributed by atoms with Crippen molar-refractivity contribution in [2.24, 2.45) is 0 Å². The van der Waals surface area contributed by atoms with Crippen molar-refractivity contribution in [3.8, 4) is 0 Å². The van der Waals surface area contributed by atoms with E-state index in [9.17, 15) is 14.9 Å². The molecule has 98 valence electrons. The minimum atomic E-state index is -0.495. The molecule has 7 heteroatoms. The Bertz CT molecular complexity index is 423. The Labute approximate surface area is 104 Å². The average Bonchev–Trinajstić information content (AvgIpc) is 2.37. The Morgan fingerprint density at radius 1 is 1.44 bits per heavy atom. The Hall–Kier alpha value is -2.15. The van der Waals surface area contributed by atoms with E-state index in [4.69, 9.17) is 4.74 Å². The smallest absolute Gasteiger partial charge is 0.292 e. The van der Waals surface area contributed by atoms with Gasteiger partial charge in [-0.1, -0.05) is 12.1 Å². The summed E-state index contributed by atoms with van der Waals surface area (Å²) >= 11 is 0. The standard InChI is InChI=1S/C11H15N3O4/c1-18-7-6-12-11(15)8-13-9-4-2-3-5-10(9)14(16)17/h2-5,13H,6-8H2,1H3,(H,12,15). The van der Waals surface area contributed by atoms with E-state index in [0.717, 1.165) is 0 Å². The van der Waals surface area contributed by atoms with E-state index in [1.54, 1.807) is 18.2 Å². The van der Waals surface area contributed by atoms with Gasteiger partial charge in [0.1, 0.15) is 5.69 Å². The van der Waals surface area contributed by atoms with Gasteiger partial charge in [-0.15, -0.1) is 0 Å². The number of amides is 1. The van der Waals surface area contributed by atoms with E-state index in [-0.39, 0.29) is 18.1 Å². The van der Waals surface area contributed by atoms with Gasteiger partial charge in [0, 0.05) is 19.7 Å². The Kier molecular flexibility index (Phi) is 5.59. The molecule has 0 heterocycles. The molecule has 1 aromatic rings. The quantitative estimate of drug-likeness (QED) is 0.425. The lowest BCUT2D eigenvalue weighted by Gasteiger charge is -2.07. The number of methoxy groups -OCH3 is 1. The highest BCUT2D eigenvalue weighted by Gasteiger charge is 2.12. The zero-order valence-corrected chi connectivity index (χ0v) is 10.0. The van der Waals surface area contributed by atoms with E-state index in [1.807, 2.05) is 0 Å². The third kappa shape index (κ3) is 4.38. The van der Waals surface area contributed by atoms with Crippen LogP contribution in [0.2, 0.25) is 0 Å². The lowest BCUT2D eigenvalue weighted by atomic mass is 10.2. The number of nitrogens with one attached hydrogen (secondary N) is 2. The first-order chi connectivity index (χ1) is 8.65. The Morgan fingerprint density at radius 3 is 2.83 bits per heavy atom. The van der Waals surface area contributed by atoms with Crippen LogP contribution in [-0.2, 0) is 9.53 Å². The summed E-state index contributed by atoms with van der Waals surface area (Å²) in [6.07, 6.45) is 0. The van der Waals surface area contributed by atoms with E-state index < -0.39 is 4.92 Å². The van der Waals surface area contributed by atoms with Crippen molar-refractivity contribution < 1.29 is 14.5 Å². The summed E-state index contributed by atoms with van der Waals surface area (Å²) in [6.45, 7) is 0.819. The van der Waals surface area contributed by atoms with Crippen LogP contribution < -0.4 is 10.6 Å². The highest BCUT2D eigenvalue weighted by molar-refractivity contribution is 5.81. The number of carbonyl (C=O) groups is 1. The fourth-order valence-corrected chi connectivity index (χ4v) is 1.31. The minimum absolute atomic E-state index is 0.0193. The summed E-state index contributed by atoms with van der Waals surface area (Å²) in [7, 11) is 1.54. The van der Waals surface area contributed by atoms with Gasteiger partial charge in [0.05, 0.1) is 18.1 Å². The second-order valence-corrected chi connectivity index (χ2v) is 3.47. The van der Waals surface area contributed by atoms with Crippen LogP contribution in [0.5, 0.6) is 0 Å². The van der Waals surface area contributed by atoms with Crippen molar-refractivity contribution >= 4 is 17.3 Å². The second kappa shape index (κ2) is 7.23. The predicted molar refractivity (Wildman–Crippen MR) is 66.5 cm³/mol. The van der Waals surface area contributed by atoms with Gasteiger partial charge in [-0.2, -0.15) is 0 Å². The van der Waals surface area contributed by atoms with Crippen LogP contribution in [0.1, 0.15) is 0 Å². The van der Waals surface area contributed by atoms with Gasteiger partial charge >= 0.3 is 0 Å². The molecular weight excluding hydrogens is 238 g/mol. The number of ether oxygens (including phenoxy) is 1. The summed E-state index contributed by atoms with van der Waals surface area (Å²) in [4.78, 5) is 21.6. The summed E-state index contributed by atoms with van der Waals surface area (Å²) in [5, 5.41) is 16.1. The van der Waals surface area contributed by atoms with Crippen molar-refractivity contribution in [2.75, 3.05) is 32.1 Å². The van der Waals surface area contributed by atoms with Crippen molar-refractivity contribution in [3.05, 3.63) is 34.4 Å². The first-order valence-corrected chi connectivity index (χ1v) is 5.38. The summed E-state index contributed by atoms with van der Waals surface area (Å²) in [5.74, 6) is -0.245. The Morgan fingerprint density at radius 2 is 2.17 bits per heavy atom. The van der Waals surface area contributed by atoms with E-state index in [2.05, 4.69) is 10.6 Å². The van der Waals surface area contributed by atoms with Crippen LogP contribution >= 0.6 is 0 Å². The molecule has 0 aromatic heterocycles. The molecule has 1 aromatic carbocycles. The predicted octanol–water partition coefficient (Wildman–Crippen LogP) is 0.769. The molecule has 0 radical (unpaired) electrons. The number of anilines is 1. The van der Waals surface area contributed by atoms with Crippen LogP contribution in [0, 0.1) is 10.1 Å². The molecule has 0 saturated carbocycles. The van der Waals surface area contributed by atoms with Crippen LogP contribution in [0.15, 0.2) is 24.3 Å². The van der Waals surface area contributed by atoms with Crippen LogP contribution in [0.25, 0.3) is 0 Å². The van der Waals surface area contributed by atoms with Gasteiger partial charge in [0.25, 0.3) is 5.69 Å². The number of para-hydroxylation sites is 2. The van der Waals surface area contributed by atoms with Crippen molar-refractivity contribution in [1.29, 1.82) is 0 Å². The normalized spacial score (nSPS) is 9.83. The molecule has 0 atom stereocenters. The highest BCUT2D eigenvalue weighted by Crippen LogP contribution is 2.22. The van der Waals surface area contributed by atoms with Crippen LogP contribution in [-0.4, -0.2) is 37.6 Å². The maximum atomic E-state index is 11.4. The molecule has 0 aliphatic carbocycles. The van der Waals surface area contributed by atoms with Gasteiger partial charge in [-0.05, 0) is 6.07 Å². The monoisotopic (exact) mass is 253 g/mol. The number of hydrogen-bond donors (Lipinski definition) is 2. The number of nitro groups is 1. The molecule has 0 aliphatic rings. The third-order valence-electron chi connectivity index (χ3n) is 2.17.